The maximum Gasteiger partial charge on any atom is 0.322 e. The normalized spacial score (nSPS) is 20.1. The lowest BCUT2D eigenvalue weighted by molar-refractivity contribution is -0.134. The summed E-state index contributed by atoms with van der Waals surface area (Å²) in [6.45, 7) is 2.04. The molecule has 0 spiro atoms. The third-order valence-corrected chi connectivity index (χ3v) is 5.39. The molecule has 2 aliphatic heterocycles. The molecule has 2 N–H and O–H groups in total. The average Bonchev–Trinajstić information content (AvgIpc) is 3.28. The van der Waals surface area contributed by atoms with Gasteiger partial charge in [0.2, 0.25) is 5.91 Å². The number of imidazole rings is 1. The monoisotopic (exact) mass is 381 g/mol. The van der Waals surface area contributed by atoms with Crippen molar-refractivity contribution in [3.63, 3.8) is 0 Å². The molecule has 0 radical (unpaired) electrons. The van der Waals surface area contributed by atoms with Crippen LogP contribution in [0.5, 0.6) is 0 Å². The minimum absolute atomic E-state index is 0.00484. The molecule has 0 bridgehead atoms. The Morgan fingerprint density at radius 3 is 2.57 bits per heavy atom. The van der Waals surface area contributed by atoms with Crippen LogP contribution in [0.4, 0.5) is 4.79 Å². The largest absolute Gasteiger partial charge is 0.343 e. The third-order valence-electron chi connectivity index (χ3n) is 5.39. The molecule has 146 valence electrons. The second-order valence-electron chi connectivity index (χ2n) is 7.27. The number of likely N-dealkylation sites (tertiary alicyclic amines) is 1. The van der Waals surface area contributed by atoms with E-state index < -0.39 is 18.0 Å². The minimum atomic E-state index is -0.762. The van der Waals surface area contributed by atoms with Gasteiger partial charge in [-0.15, -0.1) is 0 Å². The van der Waals surface area contributed by atoms with Crippen LogP contribution in [0.2, 0.25) is 0 Å². The van der Waals surface area contributed by atoms with E-state index in [0.717, 1.165) is 25.2 Å². The van der Waals surface area contributed by atoms with Crippen LogP contribution >= 0.6 is 0 Å². The Morgan fingerprint density at radius 2 is 1.89 bits per heavy atom. The number of carbonyl (C=O) groups is 3. The van der Waals surface area contributed by atoms with Gasteiger partial charge < -0.3 is 14.8 Å². The van der Waals surface area contributed by atoms with Gasteiger partial charge in [0.15, 0.2) is 0 Å². The van der Waals surface area contributed by atoms with Crippen LogP contribution in [0.3, 0.4) is 0 Å². The van der Waals surface area contributed by atoms with Crippen LogP contribution in [0, 0.1) is 0 Å². The fraction of sp³-hybridized carbons (Fsp3) is 0.400. The summed E-state index contributed by atoms with van der Waals surface area (Å²) >= 11 is 0. The van der Waals surface area contributed by atoms with Gasteiger partial charge in [-0.1, -0.05) is 30.3 Å². The minimum Gasteiger partial charge on any atom is -0.343 e. The van der Waals surface area contributed by atoms with Gasteiger partial charge in [-0.05, 0) is 18.4 Å². The first kappa shape index (κ1) is 18.2. The van der Waals surface area contributed by atoms with Gasteiger partial charge >= 0.3 is 6.03 Å². The zero-order valence-electron chi connectivity index (χ0n) is 15.5. The van der Waals surface area contributed by atoms with Crippen LogP contribution in [0.25, 0.3) is 0 Å². The molecule has 2 fully saturated rings. The molecule has 8 nitrogen and oxygen atoms in total. The summed E-state index contributed by atoms with van der Waals surface area (Å²) in [4.78, 5) is 41.6. The number of nitrogens with one attached hydrogen (secondary N) is 2. The summed E-state index contributed by atoms with van der Waals surface area (Å²) < 4.78 is 2.18. The topological polar surface area (TPSA) is 96.3 Å². The predicted molar refractivity (Wildman–Crippen MR) is 101 cm³/mol. The van der Waals surface area contributed by atoms with Gasteiger partial charge in [0.25, 0.3) is 5.91 Å². The first-order valence-corrected chi connectivity index (χ1v) is 9.54. The molecular weight excluding hydrogens is 358 g/mol. The van der Waals surface area contributed by atoms with E-state index in [0.29, 0.717) is 19.0 Å². The van der Waals surface area contributed by atoms with Gasteiger partial charge in [0.1, 0.15) is 11.9 Å². The zero-order valence-corrected chi connectivity index (χ0v) is 15.5. The van der Waals surface area contributed by atoms with Gasteiger partial charge in [-0.25, -0.2) is 9.78 Å². The highest BCUT2D eigenvalue weighted by atomic mass is 16.2. The van der Waals surface area contributed by atoms with E-state index in [1.807, 2.05) is 30.6 Å². The molecule has 1 aromatic heterocycles. The van der Waals surface area contributed by atoms with Crippen molar-refractivity contribution in [1.82, 2.24) is 25.1 Å². The molecule has 2 saturated heterocycles. The summed E-state index contributed by atoms with van der Waals surface area (Å²) in [6, 6.07) is 8.97. The molecule has 2 aliphatic rings. The molecule has 0 unspecified atom stereocenters. The van der Waals surface area contributed by atoms with E-state index in [-0.39, 0.29) is 12.3 Å². The zero-order chi connectivity index (χ0) is 19.5. The number of aromatic nitrogens is 2. The first-order chi connectivity index (χ1) is 13.6. The van der Waals surface area contributed by atoms with Gasteiger partial charge in [-0.3, -0.25) is 14.9 Å². The van der Waals surface area contributed by atoms with E-state index in [9.17, 15) is 14.4 Å². The maximum absolute atomic E-state index is 12.5. The van der Waals surface area contributed by atoms with E-state index in [1.165, 1.54) is 5.56 Å². The van der Waals surface area contributed by atoms with Crippen LogP contribution in [0.15, 0.2) is 42.7 Å². The maximum atomic E-state index is 12.5. The van der Waals surface area contributed by atoms with Crippen molar-refractivity contribution in [3.8, 4) is 0 Å². The molecule has 0 saturated carbocycles. The Hall–Kier alpha value is -3.16. The first-order valence-electron chi connectivity index (χ1n) is 9.54. The molecule has 4 amide bonds. The third kappa shape index (κ3) is 3.90. The second-order valence-corrected chi connectivity index (χ2v) is 7.27. The number of benzene rings is 1. The smallest absolute Gasteiger partial charge is 0.322 e. The highest BCUT2D eigenvalue weighted by Crippen LogP contribution is 2.27. The highest BCUT2D eigenvalue weighted by molar-refractivity contribution is 6.05. The number of nitrogens with zero attached hydrogens (tertiary/aromatic N) is 3. The number of imide groups is 1. The van der Waals surface area contributed by atoms with Crippen molar-refractivity contribution in [3.05, 3.63) is 54.1 Å². The van der Waals surface area contributed by atoms with Crippen LogP contribution in [-0.4, -0.2) is 51.4 Å². The number of amides is 4. The molecule has 2 aromatic rings. The van der Waals surface area contributed by atoms with Crippen molar-refractivity contribution >= 4 is 17.8 Å². The Labute approximate surface area is 162 Å². The average molecular weight is 381 g/mol. The van der Waals surface area contributed by atoms with Crippen molar-refractivity contribution in [2.24, 2.45) is 0 Å². The van der Waals surface area contributed by atoms with Crippen molar-refractivity contribution in [1.29, 1.82) is 0 Å². The molecule has 3 heterocycles. The number of carbonyl (C=O) groups excluding carboxylic acids is 3. The Kier molecular flexibility index (Phi) is 5.10. The lowest BCUT2D eigenvalue weighted by atomic mass is 9.95. The van der Waals surface area contributed by atoms with E-state index in [2.05, 4.69) is 32.3 Å². The molecule has 8 heteroatoms. The van der Waals surface area contributed by atoms with Crippen LogP contribution in [0.1, 0.15) is 36.6 Å². The SMILES string of the molecule is O=C1NC(=O)[C@H](CC(=O)N2CCC(c3nccn3Cc3ccccc3)CC2)N1. The van der Waals surface area contributed by atoms with Crippen molar-refractivity contribution < 1.29 is 14.4 Å². The number of rotatable bonds is 5. The Balaban J connectivity index is 1.33. The van der Waals surface area contributed by atoms with Gasteiger partial charge in [0.05, 0.1) is 6.42 Å². The lowest BCUT2D eigenvalue weighted by Crippen LogP contribution is -2.42. The molecule has 1 atom stereocenters. The van der Waals surface area contributed by atoms with E-state index >= 15 is 0 Å². The summed E-state index contributed by atoms with van der Waals surface area (Å²) in [5.74, 6) is 0.820. The van der Waals surface area contributed by atoms with E-state index in [1.54, 1.807) is 4.90 Å². The van der Waals surface area contributed by atoms with Crippen LogP contribution in [-0.2, 0) is 16.1 Å². The number of hydrogen-bond acceptors (Lipinski definition) is 4. The molecule has 0 aliphatic carbocycles. The van der Waals surface area contributed by atoms with Gasteiger partial charge in [-0.2, -0.15) is 0 Å². The Morgan fingerprint density at radius 1 is 1.14 bits per heavy atom. The van der Waals surface area contributed by atoms with Crippen molar-refractivity contribution in [2.45, 2.75) is 37.8 Å². The summed E-state index contributed by atoms with van der Waals surface area (Å²) in [5.41, 5.74) is 1.23. The summed E-state index contributed by atoms with van der Waals surface area (Å²) in [7, 11) is 0. The summed E-state index contributed by atoms with van der Waals surface area (Å²) in [5, 5.41) is 4.63. The van der Waals surface area contributed by atoms with Gasteiger partial charge in [0, 0.05) is 37.9 Å². The quantitative estimate of drug-likeness (QED) is 0.762. The number of hydrogen-bond donors (Lipinski definition) is 2. The lowest BCUT2D eigenvalue weighted by Gasteiger charge is -2.32. The molecule has 1 aromatic carbocycles. The Bertz CT molecular complexity index is 871. The number of piperidine rings is 1. The molecule has 4 rings (SSSR count). The fourth-order valence-corrected chi connectivity index (χ4v) is 3.89. The van der Waals surface area contributed by atoms with Crippen LogP contribution < -0.4 is 10.6 Å². The number of urea groups is 1. The highest BCUT2D eigenvalue weighted by Gasteiger charge is 2.34. The molecule has 28 heavy (non-hydrogen) atoms. The second kappa shape index (κ2) is 7.84. The fourth-order valence-electron chi connectivity index (χ4n) is 3.89. The molecular formula is C20H23N5O3. The standard InChI is InChI=1S/C20H23N5O3/c26-17(12-16-19(27)23-20(28)22-16)24-9-6-15(7-10-24)18-21-8-11-25(18)13-14-4-2-1-3-5-14/h1-5,8,11,15-16H,6-7,9-10,12-13H2,(H2,22,23,27,28)/t16-/m0/s1. The summed E-state index contributed by atoms with van der Waals surface area (Å²) in [6.07, 6.45) is 5.50. The predicted octanol–water partition coefficient (Wildman–Crippen LogP) is 1.24. The van der Waals surface area contributed by atoms with Crippen molar-refractivity contribution in [2.75, 3.05) is 13.1 Å². The van der Waals surface area contributed by atoms with E-state index in [4.69, 9.17) is 0 Å².